The number of ether oxygens (including phenoxy) is 1. The van der Waals surface area contributed by atoms with Gasteiger partial charge in [-0.2, -0.15) is 0 Å². The predicted molar refractivity (Wildman–Crippen MR) is 53.0 cm³/mol. The van der Waals surface area contributed by atoms with Crippen molar-refractivity contribution < 1.29 is 4.74 Å². The highest BCUT2D eigenvalue weighted by atomic mass is 16.5. The molecule has 1 aliphatic rings. The number of hydrogen-bond acceptors (Lipinski definition) is 2. The van der Waals surface area contributed by atoms with E-state index in [2.05, 4.69) is 5.32 Å². The van der Waals surface area contributed by atoms with E-state index in [1.165, 1.54) is 12.8 Å². The maximum atomic E-state index is 5.79. The zero-order chi connectivity index (χ0) is 8.93. The van der Waals surface area contributed by atoms with E-state index in [9.17, 15) is 0 Å². The minimum atomic E-state index is 0.358. The maximum absolute atomic E-state index is 5.79. The van der Waals surface area contributed by atoms with Gasteiger partial charge in [-0.1, -0.05) is 18.2 Å². The molecule has 1 fully saturated rings. The molecule has 0 bridgehead atoms. The van der Waals surface area contributed by atoms with Gasteiger partial charge in [-0.05, 0) is 31.5 Å². The molecule has 0 spiro atoms. The fraction of sp³-hybridized carbons (Fsp3) is 0.455. The Morgan fingerprint density at radius 1 is 1.23 bits per heavy atom. The molecule has 1 aliphatic heterocycles. The molecule has 0 unspecified atom stereocenters. The Kier molecular flexibility index (Phi) is 2.82. The molecule has 1 aromatic carbocycles. The van der Waals surface area contributed by atoms with Gasteiger partial charge in [0.15, 0.2) is 0 Å². The summed E-state index contributed by atoms with van der Waals surface area (Å²) in [5, 5.41) is 3.33. The standard InChI is InChI=1S/C11H15NO/c1-2-5-10(6-3-1)13-11-7-4-8-12-9-11/h1-3,5-6,11-12H,4,7-9H2/t11-/m0/s1. The van der Waals surface area contributed by atoms with Crippen LogP contribution < -0.4 is 10.1 Å². The number of para-hydroxylation sites is 1. The average molecular weight is 177 g/mol. The van der Waals surface area contributed by atoms with Crippen LogP contribution in [0.5, 0.6) is 5.75 Å². The van der Waals surface area contributed by atoms with Crippen LogP contribution in [-0.4, -0.2) is 19.2 Å². The Morgan fingerprint density at radius 2 is 2.08 bits per heavy atom. The lowest BCUT2D eigenvalue weighted by Gasteiger charge is -2.23. The van der Waals surface area contributed by atoms with Crippen LogP contribution in [-0.2, 0) is 0 Å². The molecule has 2 heteroatoms. The molecule has 1 aromatic rings. The fourth-order valence-electron chi connectivity index (χ4n) is 1.61. The summed E-state index contributed by atoms with van der Waals surface area (Å²) in [4.78, 5) is 0. The van der Waals surface area contributed by atoms with Gasteiger partial charge in [0.25, 0.3) is 0 Å². The van der Waals surface area contributed by atoms with Gasteiger partial charge in [0.2, 0.25) is 0 Å². The molecule has 0 aliphatic carbocycles. The van der Waals surface area contributed by atoms with Crippen LogP contribution >= 0.6 is 0 Å². The molecule has 1 N–H and O–H groups in total. The summed E-state index contributed by atoms with van der Waals surface area (Å²) in [5.74, 6) is 0.983. The molecular weight excluding hydrogens is 162 g/mol. The van der Waals surface area contributed by atoms with Crippen molar-refractivity contribution in [1.29, 1.82) is 0 Å². The van der Waals surface area contributed by atoms with Crippen molar-refractivity contribution in [2.24, 2.45) is 0 Å². The second kappa shape index (κ2) is 4.28. The van der Waals surface area contributed by atoms with E-state index >= 15 is 0 Å². The number of hydrogen-bond donors (Lipinski definition) is 1. The highest BCUT2D eigenvalue weighted by Crippen LogP contribution is 2.14. The summed E-state index contributed by atoms with van der Waals surface area (Å²) in [6.45, 7) is 2.11. The van der Waals surface area contributed by atoms with Gasteiger partial charge in [-0.3, -0.25) is 0 Å². The number of piperidine rings is 1. The second-order valence-corrected chi connectivity index (χ2v) is 3.40. The van der Waals surface area contributed by atoms with Gasteiger partial charge in [0.1, 0.15) is 11.9 Å². The van der Waals surface area contributed by atoms with Crippen LogP contribution in [0, 0.1) is 0 Å². The molecule has 2 rings (SSSR count). The quantitative estimate of drug-likeness (QED) is 0.744. The molecule has 0 saturated carbocycles. The topological polar surface area (TPSA) is 21.3 Å². The number of nitrogens with one attached hydrogen (secondary N) is 1. The third kappa shape index (κ3) is 2.46. The molecule has 1 heterocycles. The summed E-state index contributed by atoms with van der Waals surface area (Å²) < 4.78 is 5.79. The van der Waals surface area contributed by atoms with E-state index in [0.29, 0.717) is 6.10 Å². The largest absolute Gasteiger partial charge is 0.489 e. The van der Waals surface area contributed by atoms with E-state index in [4.69, 9.17) is 4.74 Å². The zero-order valence-corrected chi connectivity index (χ0v) is 7.70. The molecule has 1 saturated heterocycles. The van der Waals surface area contributed by atoms with Gasteiger partial charge < -0.3 is 10.1 Å². The molecule has 13 heavy (non-hydrogen) atoms. The molecule has 70 valence electrons. The van der Waals surface area contributed by atoms with E-state index in [1.807, 2.05) is 30.3 Å². The first-order valence-electron chi connectivity index (χ1n) is 4.87. The van der Waals surface area contributed by atoms with Crippen LogP contribution in [0.15, 0.2) is 30.3 Å². The molecule has 1 atom stereocenters. The van der Waals surface area contributed by atoms with Gasteiger partial charge in [0.05, 0.1) is 0 Å². The predicted octanol–water partition coefficient (Wildman–Crippen LogP) is 1.82. The zero-order valence-electron chi connectivity index (χ0n) is 7.70. The number of rotatable bonds is 2. The Balaban J connectivity index is 1.90. The SMILES string of the molecule is c1ccc(O[C@H]2CCCNC2)cc1. The normalized spacial score (nSPS) is 22.6. The summed E-state index contributed by atoms with van der Waals surface area (Å²) in [5.41, 5.74) is 0. The van der Waals surface area contributed by atoms with Crippen LogP contribution in [0.25, 0.3) is 0 Å². The lowest BCUT2D eigenvalue weighted by atomic mass is 10.1. The van der Waals surface area contributed by atoms with Crippen molar-refractivity contribution in [1.82, 2.24) is 5.32 Å². The Labute approximate surface area is 78.9 Å². The van der Waals surface area contributed by atoms with E-state index < -0.39 is 0 Å². The summed E-state index contributed by atoms with van der Waals surface area (Å²) in [7, 11) is 0. The first-order chi connectivity index (χ1) is 6.45. The highest BCUT2D eigenvalue weighted by molar-refractivity contribution is 5.21. The van der Waals surface area contributed by atoms with Gasteiger partial charge in [-0.15, -0.1) is 0 Å². The lowest BCUT2D eigenvalue weighted by Crippen LogP contribution is -2.37. The highest BCUT2D eigenvalue weighted by Gasteiger charge is 2.13. The van der Waals surface area contributed by atoms with Crippen molar-refractivity contribution in [3.8, 4) is 5.75 Å². The minimum Gasteiger partial charge on any atom is -0.489 e. The lowest BCUT2D eigenvalue weighted by molar-refractivity contribution is 0.167. The van der Waals surface area contributed by atoms with Gasteiger partial charge >= 0.3 is 0 Å². The molecular formula is C11H15NO. The third-order valence-electron chi connectivity index (χ3n) is 2.30. The summed E-state index contributed by atoms with van der Waals surface area (Å²) in [6.07, 6.45) is 2.75. The second-order valence-electron chi connectivity index (χ2n) is 3.40. The molecule has 0 amide bonds. The Morgan fingerprint density at radius 3 is 2.77 bits per heavy atom. The van der Waals surface area contributed by atoms with E-state index in [-0.39, 0.29) is 0 Å². The van der Waals surface area contributed by atoms with Crippen LogP contribution in [0.4, 0.5) is 0 Å². The van der Waals surface area contributed by atoms with Crippen molar-refractivity contribution in [3.63, 3.8) is 0 Å². The fourth-order valence-corrected chi connectivity index (χ4v) is 1.61. The van der Waals surface area contributed by atoms with Gasteiger partial charge in [0, 0.05) is 6.54 Å². The summed E-state index contributed by atoms with van der Waals surface area (Å²) >= 11 is 0. The number of benzene rings is 1. The molecule has 0 aromatic heterocycles. The smallest absolute Gasteiger partial charge is 0.119 e. The van der Waals surface area contributed by atoms with E-state index in [0.717, 1.165) is 18.8 Å². The van der Waals surface area contributed by atoms with Crippen molar-refractivity contribution in [2.75, 3.05) is 13.1 Å². The van der Waals surface area contributed by atoms with Crippen molar-refractivity contribution >= 4 is 0 Å². The molecule has 0 radical (unpaired) electrons. The van der Waals surface area contributed by atoms with Crippen molar-refractivity contribution in [3.05, 3.63) is 30.3 Å². The van der Waals surface area contributed by atoms with Gasteiger partial charge in [-0.25, -0.2) is 0 Å². The maximum Gasteiger partial charge on any atom is 0.119 e. The summed E-state index contributed by atoms with van der Waals surface area (Å²) in [6, 6.07) is 10.0. The van der Waals surface area contributed by atoms with Crippen LogP contribution in [0.1, 0.15) is 12.8 Å². The Bertz CT molecular complexity index is 242. The third-order valence-corrected chi connectivity index (χ3v) is 2.30. The van der Waals surface area contributed by atoms with Crippen LogP contribution in [0.3, 0.4) is 0 Å². The Hall–Kier alpha value is -1.02. The van der Waals surface area contributed by atoms with E-state index in [1.54, 1.807) is 0 Å². The van der Waals surface area contributed by atoms with Crippen LogP contribution in [0.2, 0.25) is 0 Å². The first-order valence-corrected chi connectivity index (χ1v) is 4.87. The first kappa shape index (κ1) is 8.57. The molecule has 2 nitrogen and oxygen atoms in total. The monoisotopic (exact) mass is 177 g/mol. The minimum absolute atomic E-state index is 0.358. The van der Waals surface area contributed by atoms with Crippen molar-refractivity contribution in [2.45, 2.75) is 18.9 Å². The average Bonchev–Trinajstić information content (AvgIpc) is 2.21.